The van der Waals surface area contributed by atoms with Crippen LogP contribution in [0.25, 0.3) is 0 Å². The second-order valence-electron chi connectivity index (χ2n) is 3.62. The van der Waals surface area contributed by atoms with Crippen molar-refractivity contribution in [2.45, 2.75) is 13.5 Å². The molecule has 0 spiro atoms. The highest BCUT2D eigenvalue weighted by molar-refractivity contribution is 9.10. The SMILES string of the molecule is Cc1c([N+](=O)[O-])cnc(NCc2ccco2)c1Br. The van der Waals surface area contributed by atoms with Gasteiger partial charge >= 0.3 is 0 Å². The van der Waals surface area contributed by atoms with E-state index >= 15 is 0 Å². The largest absolute Gasteiger partial charge is 0.467 e. The number of hydrogen-bond donors (Lipinski definition) is 1. The highest BCUT2D eigenvalue weighted by Crippen LogP contribution is 2.30. The fourth-order valence-corrected chi connectivity index (χ4v) is 1.91. The van der Waals surface area contributed by atoms with E-state index in [-0.39, 0.29) is 5.69 Å². The third-order valence-electron chi connectivity index (χ3n) is 2.44. The van der Waals surface area contributed by atoms with Crippen molar-refractivity contribution in [3.05, 3.63) is 50.5 Å². The van der Waals surface area contributed by atoms with Crippen molar-refractivity contribution >= 4 is 27.4 Å². The number of rotatable bonds is 4. The summed E-state index contributed by atoms with van der Waals surface area (Å²) in [5, 5.41) is 13.8. The molecule has 6 nitrogen and oxygen atoms in total. The summed E-state index contributed by atoms with van der Waals surface area (Å²) in [6, 6.07) is 3.62. The van der Waals surface area contributed by atoms with E-state index in [0.717, 1.165) is 5.76 Å². The van der Waals surface area contributed by atoms with E-state index in [4.69, 9.17) is 4.42 Å². The van der Waals surface area contributed by atoms with Crippen molar-refractivity contribution in [3.8, 4) is 0 Å². The van der Waals surface area contributed by atoms with Crippen molar-refractivity contribution in [2.24, 2.45) is 0 Å². The predicted octanol–water partition coefficient (Wildman–Crippen LogP) is 3.27. The van der Waals surface area contributed by atoms with Gasteiger partial charge in [0.1, 0.15) is 17.8 Å². The predicted molar refractivity (Wildman–Crippen MR) is 69.4 cm³/mol. The molecule has 0 saturated heterocycles. The van der Waals surface area contributed by atoms with Crippen LogP contribution in [0.4, 0.5) is 11.5 Å². The molecule has 0 radical (unpaired) electrons. The average Bonchev–Trinajstić information content (AvgIpc) is 2.83. The number of anilines is 1. The zero-order valence-electron chi connectivity index (χ0n) is 9.51. The van der Waals surface area contributed by atoms with Crippen molar-refractivity contribution < 1.29 is 9.34 Å². The molecule has 0 unspecified atom stereocenters. The molecule has 0 saturated carbocycles. The third-order valence-corrected chi connectivity index (χ3v) is 3.41. The third kappa shape index (κ3) is 2.51. The maximum absolute atomic E-state index is 10.7. The Morgan fingerprint density at radius 1 is 1.61 bits per heavy atom. The van der Waals surface area contributed by atoms with Gasteiger partial charge in [-0.3, -0.25) is 10.1 Å². The van der Waals surface area contributed by atoms with Gasteiger partial charge in [-0.25, -0.2) is 4.98 Å². The van der Waals surface area contributed by atoms with Crippen LogP contribution in [-0.2, 0) is 6.54 Å². The molecular weight excluding hydrogens is 302 g/mol. The zero-order valence-corrected chi connectivity index (χ0v) is 11.1. The number of nitrogens with zero attached hydrogens (tertiary/aromatic N) is 2. The highest BCUT2D eigenvalue weighted by atomic mass is 79.9. The normalized spacial score (nSPS) is 10.3. The number of nitrogens with one attached hydrogen (secondary N) is 1. The monoisotopic (exact) mass is 311 g/mol. The Balaban J connectivity index is 2.19. The number of nitro groups is 1. The lowest BCUT2D eigenvalue weighted by Gasteiger charge is -2.08. The smallest absolute Gasteiger partial charge is 0.291 e. The molecule has 94 valence electrons. The van der Waals surface area contributed by atoms with E-state index < -0.39 is 4.92 Å². The number of halogens is 1. The molecule has 0 amide bonds. The number of hydrogen-bond acceptors (Lipinski definition) is 5. The first-order valence-electron chi connectivity index (χ1n) is 5.15. The van der Waals surface area contributed by atoms with Gasteiger partial charge in [-0.15, -0.1) is 0 Å². The van der Waals surface area contributed by atoms with Gasteiger partial charge in [-0.2, -0.15) is 0 Å². The number of pyridine rings is 1. The summed E-state index contributed by atoms with van der Waals surface area (Å²) in [6.07, 6.45) is 2.82. The number of aromatic nitrogens is 1. The molecule has 0 atom stereocenters. The Morgan fingerprint density at radius 3 is 3.00 bits per heavy atom. The Morgan fingerprint density at radius 2 is 2.39 bits per heavy atom. The molecule has 0 bridgehead atoms. The summed E-state index contributed by atoms with van der Waals surface area (Å²) in [5.74, 6) is 1.31. The van der Waals surface area contributed by atoms with Crippen LogP contribution in [0, 0.1) is 17.0 Å². The van der Waals surface area contributed by atoms with Crippen molar-refractivity contribution in [2.75, 3.05) is 5.32 Å². The molecule has 0 aliphatic rings. The second-order valence-corrected chi connectivity index (χ2v) is 4.41. The van der Waals surface area contributed by atoms with Gasteiger partial charge in [0, 0.05) is 5.56 Å². The van der Waals surface area contributed by atoms with Crippen LogP contribution in [0.3, 0.4) is 0 Å². The van der Waals surface area contributed by atoms with Crippen molar-refractivity contribution in [1.82, 2.24) is 4.98 Å². The minimum atomic E-state index is -0.455. The first kappa shape index (κ1) is 12.6. The molecule has 0 aliphatic heterocycles. The fraction of sp³-hybridized carbons (Fsp3) is 0.182. The van der Waals surface area contributed by atoms with Crippen LogP contribution < -0.4 is 5.32 Å². The summed E-state index contributed by atoms with van der Waals surface area (Å²) < 4.78 is 5.76. The Labute approximate surface area is 111 Å². The van der Waals surface area contributed by atoms with Crippen molar-refractivity contribution in [3.63, 3.8) is 0 Å². The molecule has 7 heteroatoms. The standard InChI is InChI=1S/C11H10BrN3O3/c1-7-9(15(16)17)6-14-11(10(7)12)13-5-8-3-2-4-18-8/h2-4,6H,5H2,1H3,(H,13,14). The zero-order chi connectivity index (χ0) is 13.1. The Hall–Kier alpha value is -1.89. The Bertz CT molecular complexity index is 569. The first-order valence-corrected chi connectivity index (χ1v) is 5.94. The van der Waals surface area contributed by atoms with Crippen LogP contribution in [0.5, 0.6) is 0 Å². The lowest BCUT2D eigenvalue weighted by atomic mass is 10.2. The van der Waals surface area contributed by atoms with E-state index in [1.54, 1.807) is 19.3 Å². The summed E-state index contributed by atoms with van der Waals surface area (Å²) in [6.45, 7) is 2.14. The van der Waals surface area contributed by atoms with Gasteiger partial charge in [-0.1, -0.05) is 0 Å². The van der Waals surface area contributed by atoms with E-state index in [1.807, 2.05) is 6.07 Å². The van der Waals surface area contributed by atoms with Crippen LogP contribution >= 0.6 is 15.9 Å². The second kappa shape index (κ2) is 5.18. The molecule has 2 rings (SSSR count). The fourth-order valence-electron chi connectivity index (χ4n) is 1.46. The maximum Gasteiger partial charge on any atom is 0.291 e. The lowest BCUT2D eigenvalue weighted by Crippen LogP contribution is -2.03. The summed E-state index contributed by atoms with van der Waals surface area (Å²) in [5.41, 5.74) is 0.530. The van der Waals surface area contributed by atoms with Crippen LogP contribution in [0.15, 0.2) is 33.5 Å². The van der Waals surface area contributed by atoms with Gasteiger partial charge in [0.2, 0.25) is 0 Å². The molecule has 0 aromatic carbocycles. The topological polar surface area (TPSA) is 81.2 Å². The summed E-state index contributed by atoms with van der Waals surface area (Å²) in [4.78, 5) is 14.3. The van der Waals surface area contributed by atoms with E-state index in [2.05, 4.69) is 26.2 Å². The van der Waals surface area contributed by atoms with Gasteiger partial charge < -0.3 is 9.73 Å². The van der Waals surface area contributed by atoms with Crippen LogP contribution in [-0.4, -0.2) is 9.91 Å². The van der Waals surface area contributed by atoms with Crippen molar-refractivity contribution in [1.29, 1.82) is 0 Å². The lowest BCUT2D eigenvalue weighted by molar-refractivity contribution is -0.385. The Kier molecular flexibility index (Phi) is 3.61. The maximum atomic E-state index is 10.7. The van der Waals surface area contributed by atoms with Crippen LogP contribution in [0.1, 0.15) is 11.3 Å². The molecule has 2 aromatic rings. The molecule has 1 N–H and O–H groups in total. The summed E-state index contributed by atoms with van der Waals surface area (Å²) in [7, 11) is 0. The molecular formula is C11H10BrN3O3. The van der Waals surface area contributed by atoms with Gasteiger partial charge in [0.15, 0.2) is 0 Å². The minimum absolute atomic E-state index is 0.00887. The van der Waals surface area contributed by atoms with E-state index in [0.29, 0.717) is 22.4 Å². The molecule has 2 aromatic heterocycles. The molecule has 18 heavy (non-hydrogen) atoms. The number of furan rings is 1. The van der Waals surface area contributed by atoms with Gasteiger partial charge in [0.05, 0.1) is 22.2 Å². The molecule has 0 aliphatic carbocycles. The van der Waals surface area contributed by atoms with E-state index in [9.17, 15) is 10.1 Å². The molecule has 2 heterocycles. The van der Waals surface area contributed by atoms with Crippen LogP contribution in [0.2, 0.25) is 0 Å². The first-order chi connectivity index (χ1) is 8.59. The highest BCUT2D eigenvalue weighted by Gasteiger charge is 2.16. The average molecular weight is 312 g/mol. The molecule has 0 fully saturated rings. The van der Waals surface area contributed by atoms with Gasteiger partial charge in [0.25, 0.3) is 5.69 Å². The van der Waals surface area contributed by atoms with Gasteiger partial charge in [-0.05, 0) is 35.0 Å². The minimum Gasteiger partial charge on any atom is -0.467 e. The quantitative estimate of drug-likeness (QED) is 0.692. The summed E-state index contributed by atoms with van der Waals surface area (Å²) >= 11 is 3.30. The van der Waals surface area contributed by atoms with E-state index in [1.165, 1.54) is 6.20 Å².